The van der Waals surface area contributed by atoms with Gasteiger partial charge in [-0.1, -0.05) is 12.2 Å². The number of hydrogen-bond donors (Lipinski definition) is 0. The van der Waals surface area contributed by atoms with Gasteiger partial charge in [0, 0.05) is 11.1 Å². The second-order valence-corrected chi connectivity index (χ2v) is 6.54. The first-order chi connectivity index (χ1) is 15.0. The summed E-state index contributed by atoms with van der Waals surface area (Å²) in [5.74, 6) is -22.0. The van der Waals surface area contributed by atoms with Crippen LogP contribution in [0, 0.1) is 46.5 Å². The van der Waals surface area contributed by atoms with Crippen molar-refractivity contribution in [2.45, 2.75) is 18.8 Å². The van der Waals surface area contributed by atoms with Crippen molar-refractivity contribution in [3.05, 3.63) is 80.9 Å². The van der Waals surface area contributed by atoms with Gasteiger partial charge < -0.3 is 0 Å². The van der Waals surface area contributed by atoms with Crippen molar-refractivity contribution in [1.29, 1.82) is 0 Å². The Labute approximate surface area is 173 Å². The Morgan fingerprint density at radius 1 is 0.485 bits per heavy atom. The van der Waals surface area contributed by atoms with E-state index >= 15 is 0 Å². The number of benzene rings is 2. The lowest BCUT2D eigenvalue weighted by Gasteiger charge is -2.17. The topological polar surface area (TPSA) is 0 Å². The first-order valence-corrected chi connectivity index (χ1v) is 8.27. The van der Waals surface area contributed by atoms with Gasteiger partial charge in [0.2, 0.25) is 0 Å². The third-order valence-corrected chi connectivity index (χ3v) is 4.58. The third-order valence-electron chi connectivity index (χ3n) is 4.58. The predicted molar refractivity (Wildman–Crippen MR) is 83.1 cm³/mol. The molecule has 0 unspecified atom stereocenters. The van der Waals surface area contributed by atoms with E-state index in [0.717, 1.165) is 0 Å². The van der Waals surface area contributed by atoms with Gasteiger partial charge in [0.05, 0.1) is 0 Å². The maximum atomic E-state index is 14.2. The van der Waals surface area contributed by atoms with Crippen LogP contribution in [-0.2, 0) is 12.4 Å². The summed E-state index contributed by atoms with van der Waals surface area (Å²) < 4.78 is 189. The Bertz CT molecular complexity index is 1230. The summed E-state index contributed by atoms with van der Waals surface area (Å²) >= 11 is 0. The van der Waals surface area contributed by atoms with Crippen molar-refractivity contribution in [3.8, 4) is 0 Å². The highest BCUT2D eigenvalue weighted by molar-refractivity contribution is 5.91. The highest BCUT2D eigenvalue weighted by Crippen LogP contribution is 2.46. The van der Waals surface area contributed by atoms with Crippen LogP contribution in [0.25, 0.3) is 11.1 Å². The highest BCUT2D eigenvalue weighted by atomic mass is 19.4. The van der Waals surface area contributed by atoms with Gasteiger partial charge in [-0.15, -0.1) is 0 Å². The summed E-state index contributed by atoms with van der Waals surface area (Å²) in [5.41, 5.74) is -11.6. The van der Waals surface area contributed by atoms with E-state index in [0.29, 0.717) is 6.08 Å². The van der Waals surface area contributed by atoms with E-state index in [9.17, 15) is 61.5 Å². The Kier molecular flexibility index (Phi) is 5.78. The normalized spacial score (nSPS) is 14.6. The quantitative estimate of drug-likeness (QED) is 0.226. The lowest BCUT2D eigenvalue weighted by atomic mass is 9.95. The molecule has 0 radical (unpaired) electrons. The van der Waals surface area contributed by atoms with Crippen LogP contribution in [0.4, 0.5) is 61.5 Å². The molecule has 178 valence electrons. The summed E-state index contributed by atoms with van der Waals surface area (Å²) in [6, 6.07) is 0. The second kappa shape index (κ2) is 7.76. The minimum absolute atomic E-state index is 0.120. The van der Waals surface area contributed by atoms with Crippen molar-refractivity contribution < 1.29 is 61.5 Å². The van der Waals surface area contributed by atoms with E-state index in [1.54, 1.807) is 0 Å². The first kappa shape index (κ1) is 24.6. The first-order valence-electron chi connectivity index (χ1n) is 8.27. The van der Waals surface area contributed by atoms with Crippen LogP contribution in [0.2, 0.25) is 0 Å². The van der Waals surface area contributed by atoms with Gasteiger partial charge in [-0.05, 0) is 17.6 Å². The molecule has 0 atom stereocenters. The van der Waals surface area contributed by atoms with Gasteiger partial charge in [-0.25, -0.2) is 35.1 Å². The molecule has 0 aromatic heterocycles. The number of rotatable bonds is 2. The van der Waals surface area contributed by atoms with Gasteiger partial charge in [-0.2, -0.15) is 26.3 Å². The van der Waals surface area contributed by atoms with Crippen LogP contribution in [-0.4, -0.2) is 0 Å². The van der Waals surface area contributed by atoms with Crippen LogP contribution < -0.4 is 0 Å². The number of hydrogen-bond acceptors (Lipinski definition) is 0. The molecule has 0 bridgehead atoms. The Balaban J connectivity index is 2.33. The molecule has 1 aliphatic carbocycles. The zero-order valence-electron chi connectivity index (χ0n) is 15.2. The lowest BCUT2D eigenvalue weighted by Crippen LogP contribution is -2.17. The molecule has 0 aliphatic heterocycles. The van der Waals surface area contributed by atoms with Crippen molar-refractivity contribution in [1.82, 2.24) is 0 Å². The molecule has 0 N–H and O–H groups in total. The number of halogens is 14. The fourth-order valence-electron chi connectivity index (χ4n) is 3.24. The average molecular weight is 498 g/mol. The molecule has 33 heavy (non-hydrogen) atoms. The van der Waals surface area contributed by atoms with Gasteiger partial charge in [0.15, 0.2) is 46.5 Å². The SMILES string of the molecule is Fc1c(F)c(F)c(C(F)(F)F)c(C2=CCC(c3c(F)c(F)c(F)c(F)c3C(F)(F)F)=C2)c1F. The minimum Gasteiger partial charge on any atom is -0.203 e. The van der Waals surface area contributed by atoms with Crippen LogP contribution in [0.3, 0.4) is 0 Å². The lowest BCUT2D eigenvalue weighted by molar-refractivity contribution is -0.141. The monoisotopic (exact) mass is 498 g/mol. The zero-order valence-corrected chi connectivity index (χ0v) is 15.2. The molecule has 0 nitrogen and oxygen atoms in total. The summed E-state index contributed by atoms with van der Waals surface area (Å²) in [7, 11) is 0. The van der Waals surface area contributed by atoms with Crippen molar-refractivity contribution in [2.75, 3.05) is 0 Å². The van der Waals surface area contributed by atoms with E-state index in [4.69, 9.17) is 0 Å². The van der Waals surface area contributed by atoms with Crippen LogP contribution in [0.15, 0.2) is 12.2 Å². The Hall–Kier alpha value is -3.06. The molecule has 0 fully saturated rings. The molecule has 2 aromatic rings. The number of allylic oxidation sites excluding steroid dienone is 4. The van der Waals surface area contributed by atoms with Crippen molar-refractivity contribution in [3.63, 3.8) is 0 Å². The molecule has 0 heterocycles. The molecular formula is C19H4F14. The molecule has 0 amide bonds. The standard InChI is InChI=1S/C19H4F14/c20-10-6(8(18(28,29)30)12(22)16(26)14(10)24)4-1-2-5(3-4)7-9(19(31,32)33)13(23)17(27)15(25)11(7)21/h1,3H,2H2. The molecule has 0 saturated heterocycles. The maximum absolute atomic E-state index is 14.2. The fourth-order valence-corrected chi connectivity index (χ4v) is 3.24. The third kappa shape index (κ3) is 3.84. The Morgan fingerprint density at radius 2 is 0.848 bits per heavy atom. The summed E-state index contributed by atoms with van der Waals surface area (Å²) in [4.78, 5) is 0. The van der Waals surface area contributed by atoms with Crippen LogP contribution in [0.1, 0.15) is 28.7 Å². The highest BCUT2D eigenvalue weighted by Gasteiger charge is 2.45. The van der Waals surface area contributed by atoms with E-state index in [-0.39, 0.29) is 6.08 Å². The summed E-state index contributed by atoms with van der Waals surface area (Å²) in [5, 5.41) is 0. The minimum atomic E-state index is -5.84. The molecule has 0 saturated carbocycles. The summed E-state index contributed by atoms with van der Waals surface area (Å²) in [6.07, 6.45) is -12.2. The van der Waals surface area contributed by atoms with Gasteiger partial charge in [0.25, 0.3) is 0 Å². The molecule has 2 aromatic carbocycles. The van der Waals surface area contributed by atoms with Gasteiger partial charge >= 0.3 is 12.4 Å². The van der Waals surface area contributed by atoms with E-state index in [1.165, 1.54) is 0 Å². The Morgan fingerprint density at radius 3 is 1.27 bits per heavy atom. The average Bonchev–Trinajstić information content (AvgIpc) is 3.17. The molecule has 1 aliphatic rings. The molecule has 0 spiro atoms. The van der Waals surface area contributed by atoms with Crippen LogP contribution >= 0.6 is 0 Å². The van der Waals surface area contributed by atoms with Gasteiger partial charge in [-0.3, -0.25) is 0 Å². The molecular weight excluding hydrogens is 494 g/mol. The second-order valence-electron chi connectivity index (χ2n) is 6.54. The fraction of sp³-hybridized carbons (Fsp3) is 0.158. The zero-order chi connectivity index (χ0) is 25.2. The van der Waals surface area contributed by atoms with Crippen LogP contribution in [0.5, 0.6) is 0 Å². The number of alkyl halides is 6. The smallest absolute Gasteiger partial charge is 0.203 e. The largest absolute Gasteiger partial charge is 0.420 e. The molecule has 3 rings (SSSR count). The van der Waals surface area contributed by atoms with Crippen molar-refractivity contribution >= 4 is 11.1 Å². The molecule has 14 heteroatoms. The van der Waals surface area contributed by atoms with E-state index in [2.05, 4.69) is 0 Å². The van der Waals surface area contributed by atoms with E-state index in [1.807, 2.05) is 0 Å². The summed E-state index contributed by atoms with van der Waals surface area (Å²) in [6.45, 7) is 0. The maximum Gasteiger partial charge on any atom is 0.420 e. The predicted octanol–water partition coefficient (Wildman–Crippen LogP) is 7.71. The van der Waals surface area contributed by atoms with E-state index < -0.39 is 98.7 Å². The van der Waals surface area contributed by atoms with Crippen molar-refractivity contribution in [2.24, 2.45) is 0 Å². The van der Waals surface area contributed by atoms with Gasteiger partial charge in [0.1, 0.15) is 11.1 Å².